The third-order valence-electron chi connectivity index (χ3n) is 10.8. The zero-order valence-electron chi connectivity index (χ0n) is 27.7. The van der Waals surface area contributed by atoms with Crippen molar-refractivity contribution in [1.29, 1.82) is 0 Å². The smallest absolute Gasteiger partial charge is 0.162 e. The van der Waals surface area contributed by atoms with E-state index in [9.17, 15) is 0 Å². The summed E-state index contributed by atoms with van der Waals surface area (Å²) < 4.78 is 13.5. The highest BCUT2D eigenvalue weighted by Crippen LogP contribution is 2.40. The van der Waals surface area contributed by atoms with Crippen LogP contribution in [0.25, 0.3) is 104 Å². The summed E-state index contributed by atoms with van der Waals surface area (Å²) in [5.74, 6) is 0. The fraction of sp³-hybridized carbons (Fsp3) is 0. The largest absolute Gasteiger partial charge is 0.454 e. The number of rotatable bonds is 3. The summed E-state index contributed by atoms with van der Waals surface area (Å²) in [6.45, 7) is 0. The highest BCUT2D eigenvalue weighted by molar-refractivity contribution is 6.15. The molecule has 0 aliphatic heterocycles. The molecule has 52 heavy (non-hydrogen) atoms. The van der Waals surface area contributed by atoms with Crippen LogP contribution in [0.3, 0.4) is 0 Å². The Morgan fingerprint density at radius 3 is 1.40 bits per heavy atom. The maximum Gasteiger partial charge on any atom is 0.162 e. The topological polar surface area (TPSA) is 53.7 Å². The van der Waals surface area contributed by atoms with Crippen LogP contribution in [0, 0.1) is 0 Å². The molecule has 0 spiro atoms. The van der Waals surface area contributed by atoms with Gasteiger partial charge in [-0.3, -0.25) is 9.97 Å². The van der Waals surface area contributed by atoms with Crippen molar-refractivity contribution in [1.82, 2.24) is 23.7 Å². The molecule has 0 atom stereocenters. The number of nitrogens with zero attached hydrogens (tertiary/aromatic N) is 5. The number of furan rings is 1. The Morgan fingerprint density at radius 2 is 0.827 bits per heavy atom. The maximum absolute atomic E-state index is 6.46. The van der Waals surface area contributed by atoms with Gasteiger partial charge in [0.2, 0.25) is 0 Å². The minimum absolute atomic E-state index is 0.797. The van der Waals surface area contributed by atoms with Gasteiger partial charge in [0.1, 0.15) is 11.3 Å². The van der Waals surface area contributed by atoms with Gasteiger partial charge in [0, 0.05) is 67.7 Å². The monoisotopic (exact) mass is 665 g/mol. The van der Waals surface area contributed by atoms with Crippen molar-refractivity contribution in [2.45, 2.75) is 0 Å². The molecule has 6 aromatic carbocycles. The van der Waals surface area contributed by atoms with Gasteiger partial charge in [-0.2, -0.15) is 0 Å². The van der Waals surface area contributed by atoms with E-state index in [1.807, 2.05) is 24.7 Å². The zero-order chi connectivity index (χ0) is 33.9. The predicted molar refractivity (Wildman–Crippen MR) is 212 cm³/mol. The molecule has 6 aromatic heterocycles. The van der Waals surface area contributed by atoms with E-state index in [2.05, 4.69) is 157 Å². The van der Waals surface area contributed by atoms with Crippen LogP contribution in [0.15, 0.2) is 169 Å². The van der Waals surface area contributed by atoms with Crippen LogP contribution in [0.1, 0.15) is 0 Å². The average molecular weight is 666 g/mol. The van der Waals surface area contributed by atoms with Crippen LogP contribution in [-0.2, 0) is 0 Å². The Morgan fingerprint density at radius 1 is 0.365 bits per heavy atom. The van der Waals surface area contributed by atoms with Crippen LogP contribution in [0.5, 0.6) is 0 Å². The Balaban J connectivity index is 1.10. The molecule has 12 aromatic rings. The Kier molecular flexibility index (Phi) is 5.41. The zero-order valence-corrected chi connectivity index (χ0v) is 27.7. The summed E-state index contributed by atoms with van der Waals surface area (Å²) in [4.78, 5) is 9.02. The van der Waals surface area contributed by atoms with Gasteiger partial charge in [-0.1, -0.05) is 72.8 Å². The summed E-state index contributed by atoms with van der Waals surface area (Å²) in [6.07, 6.45) is 7.38. The summed E-state index contributed by atoms with van der Waals surface area (Å²) in [6, 6.07) is 50.3. The molecule has 0 aliphatic rings. The van der Waals surface area contributed by atoms with Crippen molar-refractivity contribution in [2.24, 2.45) is 0 Å². The lowest BCUT2D eigenvalue weighted by molar-refractivity contribution is 0.665. The summed E-state index contributed by atoms with van der Waals surface area (Å²) >= 11 is 0. The number of fused-ring (bicyclic) bond motifs is 12. The first-order chi connectivity index (χ1) is 25.8. The molecular weight excluding hydrogens is 639 g/mol. The van der Waals surface area contributed by atoms with E-state index >= 15 is 0 Å². The van der Waals surface area contributed by atoms with E-state index < -0.39 is 0 Å². The highest BCUT2D eigenvalue weighted by Gasteiger charge is 2.20. The van der Waals surface area contributed by atoms with Gasteiger partial charge in [0.25, 0.3) is 0 Å². The molecule has 0 saturated heterocycles. The average Bonchev–Trinajstić information content (AvgIpc) is 3.94. The van der Waals surface area contributed by atoms with Crippen molar-refractivity contribution in [2.75, 3.05) is 0 Å². The lowest BCUT2D eigenvalue weighted by Crippen LogP contribution is -1.97. The summed E-state index contributed by atoms with van der Waals surface area (Å²) in [5, 5.41) is 9.21. The van der Waals surface area contributed by atoms with E-state index in [0.717, 1.165) is 55.4 Å². The minimum atomic E-state index is 0.797. The molecule has 6 nitrogen and oxygen atoms in total. The first-order valence-corrected chi connectivity index (χ1v) is 17.5. The summed E-state index contributed by atoms with van der Waals surface area (Å²) in [7, 11) is 0. The van der Waals surface area contributed by atoms with Gasteiger partial charge in [-0.15, -0.1) is 0 Å². The first kappa shape index (κ1) is 27.6. The van der Waals surface area contributed by atoms with E-state index in [-0.39, 0.29) is 0 Å². The van der Waals surface area contributed by atoms with Gasteiger partial charge in [0.05, 0.1) is 44.7 Å². The third-order valence-corrected chi connectivity index (χ3v) is 10.8. The SMILES string of the molecule is c1ccc2c(c1)c1ccccc1n2-c1ccc2c(c1)c1ccccc1n2-c1ccc2c(c1)c1ccccc1n2-c1cncc2c1oc1ccncc12. The van der Waals surface area contributed by atoms with Crippen LogP contribution < -0.4 is 0 Å². The first-order valence-electron chi connectivity index (χ1n) is 17.5. The molecule has 0 saturated carbocycles. The van der Waals surface area contributed by atoms with Crippen LogP contribution in [-0.4, -0.2) is 23.7 Å². The molecular formula is C46H27N5O. The van der Waals surface area contributed by atoms with E-state index in [1.165, 1.54) is 49.0 Å². The van der Waals surface area contributed by atoms with E-state index in [4.69, 9.17) is 4.42 Å². The van der Waals surface area contributed by atoms with Crippen molar-refractivity contribution in [3.8, 4) is 17.1 Å². The van der Waals surface area contributed by atoms with Crippen LogP contribution in [0.4, 0.5) is 0 Å². The number of benzene rings is 6. The molecule has 0 radical (unpaired) electrons. The van der Waals surface area contributed by atoms with Gasteiger partial charge in [0.15, 0.2) is 5.58 Å². The summed E-state index contributed by atoms with van der Waals surface area (Å²) in [5.41, 5.74) is 11.7. The second-order valence-corrected chi connectivity index (χ2v) is 13.5. The molecule has 6 heteroatoms. The molecule has 0 aliphatic carbocycles. The molecule has 0 unspecified atom stereocenters. The lowest BCUT2D eigenvalue weighted by Gasteiger charge is -2.11. The fourth-order valence-electron chi connectivity index (χ4n) is 8.62. The van der Waals surface area contributed by atoms with Gasteiger partial charge in [-0.25, -0.2) is 0 Å². The quantitative estimate of drug-likeness (QED) is 0.189. The fourth-order valence-corrected chi connectivity index (χ4v) is 8.62. The molecule has 12 rings (SSSR count). The Bertz CT molecular complexity index is 3380. The number of hydrogen-bond donors (Lipinski definition) is 0. The van der Waals surface area contributed by atoms with Gasteiger partial charge < -0.3 is 18.1 Å². The van der Waals surface area contributed by atoms with E-state index in [0.29, 0.717) is 0 Å². The van der Waals surface area contributed by atoms with Crippen molar-refractivity contribution < 1.29 is 4.42 Å². The second-order valence-electron chi connectivity index (χ2n) is 13.5. The molecule has 0 bridgehead atoms. The molecule has 242 valence electrons. The van der Waals surface area contributed by atoms with Crippen LogP contribution >= 0.6 is 0 Å². The molecule has 0 fully saturated rings. The molecule has 6 heterocycles. The number of aromatic nitrogens is 5. The van der Waals surface area contributed by atoms with Crippen molar-refractivity contribution in [3.05, 3.63) is 164 Å². The molecule has 0 N–H and O–H groups in total. The Hall–Kier alpha value is -7.18. The lowest BCUT2D eigenvalue weighted by atomic mass is 10.1. The van der Waals surface area contributed by atoms with E-state index in [1.54, 1.807) is 6.20 Å². The molecule has 0 amide bonds. The van der Waals surface area contributed by atoms with Crippen molar-refractivity contribution in [3.63, 3.8) is 0 Å². The Labute approximate surface area is 296 Å². The second kappa shape index (κ2) is 10.2. The number of para-hydroxylation sites is 4. The minimum Gasteiger partial charge on any atom is -0.454 e. The standard InChI is InChI=1S/C46H27N5O/c1-5-13-38-30(9-1)31-10-2-6-14-39(31)49(38)28-17-19-42-34(23-28)32-11-3-7-15-40(32)50(42)29-18-20-43-35(24-29)33-12-4-8-16-41(33)51(43)44-27-48-26-37-36-25-47-22-21-45(36)52-46(37)44/h1-27H. The van der Waals surface area contributed by atoms with Crippen LogP contribution in [0.2, 0.25) is 0 Å². The number of hydrogen-bond acceptors (Lipinski definition) is 3. The number of pyridine rings is 2. The predicted octanol–water partition coefficient (Wildman–Crippen LogP) is 11.7. The normalized spacial score (nSPS) is 12.2. The highest BCUT2D eigenvalue weighted by atomic mass is 16.3. The third kappa shape index (κ3) is 3.62. The van der Waals surface area contributed by atoms with Crippen molar-refractivity contribution >= 4 is 87.4 Å². The maximum atomic E-state index is 6.46. The van der Waals surface area contributed by atoms with Gasteiger partial charge >= 0.3 is 0 Å². The van der Waals surface area contributed by atoms with Gasteiger partial charge in [-0.05, 0) is 66.7 Å².